The van der Waals surface area contributed by atoms with E-state index in [2.05, 4.69) is 38.6 Å². The molecule has 8 nitrogen and oxygen atoms in total. The molecule has 0 aliphatic carbocycles. The van der Waals surface area contributed by atoms with Crippen molar-refractivity contribution in [1.29, 1.82) is 0 Å². The van der Waals surface area contributed by atoms with E-state index in [0.717, 1.165) is 57.3 Å². The molecular formula is C20H29N7OS. The zero-order chi connectivity index (χ0) is 20.2. The van der Waals surface area contributed by atoms with E-state index in [9.17, 15) is 4.79 Å². The molecule has 1 amide bonds. The van der Waals surface area contributed by atoms with Gasteiger partial charge in [-0.05, 0) is 30.4 Å². The molecule has 2 aliphatic rings. The summed E-state index contributed by atoms with van der Waals surface area (Å²) >= 11 is 1.87. The van der Waals surface area contributed by atoms with Gasteiger partial charge in [0.1, 0.15) is 6.54 Å². The number of fused-ring (bicyclic) bond motifs is 1. The Hall–Kier alpha value is -2.39. The Morgan fingerprint density at radius 2 is 2.21 bits per heavy atom. The first-order valence-corrected chi connectivity index (χ1v) is 11.1. The van der Waals surface area contributed by atoms with Gasteiger partial charge in [-0.2, -0.15) is 5.10 Å². The highest BCUT2D eigenvalue weighted by Gasteiger charge is 2.27. The number of hydrogen-bond acceptors (Lipinski definition) is 5. The van der Waals surface area contributed by atoms with Crippen molar-refractivity contribution in [2.45, 2.75) is 19.9 Å². The van der Waals surface area contributed by atoms with Crippen LogP contribution in [0.25, 0.3) is 0 Å². The molecule has 0 aromatic carbocycles. The molecule has 0 atom stereocenters. The minimum Gasteiger partial charge on any atom is -0.357 e. The van der Waals surface area contributed by atoms with Gasteiger partial charge in [0.15, 0.2) is 5.96 Å². The maximum Gasteiger partial charge on any atom is 0.246 e. The second-order valence-corrected chi connectivity index (χ2v) is 8.47. The maximum atomic E-state index is 12.7. The molecule has 0 radical (unpaired) electrons. The smallest absolute Gasteiger partial charge is 0.246 e. The number of amides is 1. The first-order chi connectivity index (χ1) is 14.1. The topological polar surface area (TPSA) is 69.0 Å². The van der Waals surface area contributed by atoms with Crippen LogP contribution in [-0.4, -0.2) is 77.3 Å². The fourth-order valence-corrected chi connectivity index (χ4v) is 4.79. The van der Waals surface area contributed by atoms with E-state index >= 15 is 0 Å². The number of guanidine groups is 1. The van der Waals surface area contributed by atoms with Crippen LogP contribution in [0.2, 0.25) is 0 Å². The highest BCUT2D eigenvalue weighted by Crippen LogP contribution is 2.23. The number of carbonyl (C=O) groups is 1. The fraction of sp³-hybridized carbons (Fsp3) is 0.550. The molecule has 0 saturated carbocycles. The molecular weight excluding hydrogens is 386 g/mol. The van der Waals surface area contributed by atoms with Gasteiger partial charge in [0, 0.05) is 57.4 Å². The number of carbonyl (C=O) groups excluding carboxylic acids is 1. The van der Waals surface area contributed by atoms with Crippen LogP contribution < -0.4 is 10.2 Å². The summed E-state index contributed by atoms with van der Waals surface area (Å²) < 4.78 is 1.72. The van der Waals surface area contributed by atoms with Crippen molar-refractivity contribution in [1.82, 2.24) is 24.9 Å². The van der Waals surface area contributed by atoms with Crippen molar-refractivity contribution in [2.24, 2.45) is 12.0 Å². The number of anilines is 1. The van der Waals surface area contributed by atoms with Crippen LogP contribution in [0, 0.1) is 0 Å². The predicted molar refractivity (Wildman–Crippen MR) is 116 cm³/mol. The van der Waals surface area contributed by atoms with Crippen molar-refractivity contribution < 1.29 is 4.79 Å². The third-order valence-corrected chi connectivity index (χ3v) is 6.45. The summed E-state index contributed by atoms with van der Waals surface area (Å²) in [6.07, 6.45) is 4.76. The minimum atomic E-state index is 0.0795. The summed E-state index contributed by atoms with van der Waals surface area (Å²) in [6.45, 7) is 8.38. The summed E-state index contributed by atoms with van der Waals surface area (Å²) in [6, 6.07) is 2.24. The van der Waals surface area contributed by atoms with Crippen LogP contribution in [0.3, 0.4) is 0 Å². The number of piperazine rings is 1. The molecule has 4 heterocycles. The minimum absolute atomic E-state index is 0.0795. The van der Waals surface area contributed by atoms with E-state index in [1.807, 2.05) is 24.6 Å². The molecule has 1 fully saturated rings. The largest absolute Gasteiger partial charge is 0.357 e. The molecule has 0 spiro atoms. The van der Waals surface area contributed by atoms with E-state index in [0.29, 0.717) is 13.1 Å². The summed E-state index contributed by atoms with van der Waals surface area (Å²) in [4.78, 5) is 25.4. The molecule has 4 rings (SSSR count). The lowest BCUT2D eigenvalue weighted by atomic mass is 10.1. The average molecular weight is 416 g/mol. The van der Waals surface area contributed by atoms with Gasteiger partial charge in [-0.25, -0.2) is 0 Å². The standard InChI is InChI=1S/C20H29N7OS/c1-3-21-20(22-6-8-25-7-4-18-16(13-25)5-11-29-18)26-9-10-27(19(28)15-26)17-12-23-24(2)14-17/h5,11-12,14H,3-4,6-10,13,15H2,1-2H3,(H,21,22). The van der Waals surface area contributed by atoms with Gasteiger partial charge in [0.2, 0.25) is 5.91 Å². The fourth-order valence-electron chi connectivity index (χ4n) is 3.90. The van der Waals surface area contributed by atoms with Crippen molar-refractivity contribution >= 4 is 28.9 Å². The second-order valence-electron chi connectivity index (χ2n) is 7.47. The Bertz CT molecular complexity index is 874. The Kier molecular flexibility index (Phi) is 6.15. The molecule has 1 N–H and O–H groups in total. The van der Waals surface area contributed by atoms with E-state index in [4.69, 9.17) is 4.99 Å². The lowest BCUT2D eigenvalue weighted by Crippen LogP contribution is -2.55. The highest BCUT2D eigenvalue weighted by molar-refractivity contribution is 7.10. The number of nitrogens with one attached hydrogen (secondary N) is 1. The number of nitrogens with zero attached hydrogens (tertiary/aromatic N) is 6. The Morgan fingerprint density at radius 3 is 2.97 bits per heavy atom. The van der Waals surface area contributed by atoms with Crippen LogP contribution in [0.15, 0.2) is 28.8 Å². The Morgan fingerprint density at radius 1 is 1.31 bits per heavy atom. The molecule has 0 unspecified atom stereocenters. The monoisotopic (exact) mass is 415 g/mol. The number of hydrogen-bond donors (Lipinski definition) is 1. The first-order valence-electron chi connectivity index (χ1n) is 10.2. The number of aromatic nitrogens is 2. The lowest BCUT2D eigenvalue weighted by molar-refractivity contribution is -0.120. The summed E-state index contributed by atoms with van der Waals surface area (Å²) in [5.41, 5.74) is 2.33. The zero-order valence-corrected chi connectivity index (χ0v) is 18.0. The molecule has 29 heavy (non-hydrogen) atoms. The lowest BCUT2D eigenvalue weighted by Gasteiger charge is -2.35. The molecule has 2 aliphatic heterocycles. The molecule has 1 saturated heterocycles. The van der Waals surface area contributed by atoms with Gasteiger partial charge in [0.25, 0.3) is 0 Å². The van der Waals surface area contributed by atoms with Gasteiger partial charge in [-0.3, -0.25) is 19.4 Å². The Balaban J connectivity index is 1.33. The van der Waals surface area contributed by atoms with Gasteiger partial charge in [-0.15, -0.1) is 11.3 Å². The van der Waals surface area contributed by atoms with E-state index in [1.54, 1.807) is 15.8 Å². The van der Waals surface area contributed by atoms with E-state index < -0.39 is 0 Å². The van der Waals surface area contributed by atoms with Crippen LogP contribution in [0.1, 0.15) is 17.4 Å². The third-order valence-electron chi connectivity index (χ3n) is 5.42. The molecule has 2 aromatic heterocycles. The number of thiophene rings is 1. The van der Waals surface area contributed by atoms with Crippen LogP contribution in [0.5, 0.6) is 0 Å². The van der Waals surface area contributed by atoms with E-state index in [-0.39, 0.29) is 5.91 Å². The van der Waals surface area contributed by atoms with Gasteiger partial charge < -0.3 is 15.1 Å². The zero-order valence-electron chi connectivity index (χ0n) is 17.2. The number of aliphatic imine (C=N–C) groups is 1. The number of aryl methyl sites for hydroxylation is 1. The van der Waals surface area contributed by atoms with Gasteiger partial charge in [0.05, 0.1) is 18.4 Å². The molecule has 156 valence electrons. The normalized spacial score (nSPS) is 18.3. The third kappa shape index (κ3) is 4.62. The average Bonchev–Trinajstić information content (AvgIpc) is 3.35. The summed E-state index contributed by atoms with van der Waals surface area (Å²) in [5, 5.41) is 9.72. The summed E-state index contributed by atoms with van der Waals surface area (Å²) in [7, 11) is 1.86. The molecule has 2 aromatic rings. The molecule has 0 bridgehead atoms. The predicted octanol–water partition coefficient (Wildman–Crippen LogP) is 1.15. The highest BCUT2D eigenvalue weighted by atomic mass is 32.1. The Labute approximate surface area is 175 Å². The van der Waals surface area contributed by atoms with E-state index in [1.165, 1.54) is 10.4 Å². The van der Waals surface area contributed by atoms with Gasteiger partial charge >= 0.3 is 0 Å². The quantitative estimate of drug-likeness (QED) is 0.586. The summed E-state index contributed by atoms with van der Waals surface area (Å²) in [5.74, 6) is 0.913. The van der Waals surface area contributed by atoms with Crippen LogP contribution >= 0.6 is 11.3 Å². The molecule has 9 heteroatoms. The number of rotatable bonds is 5. The van der Waals surface area contributed by atoms with Gasteiger partial charge in [-0.1, -0.05) is 0 Å². The van der Waals surface area contributed by atoms with Crippen molar-refractivity contribution in [2.75, 3.05) is 50.7 Å². The van der Waals surface area contributed by atoms with Crippen LogP contribution in [0.4, 0.5) is 5.69 Å². The van der Waals surface area contributed by atoms with Crippen LogP contribution in [-0.2, 0) is 24.8 Å². The first kappa shape index (κ1) is 19.9. The van der Waals surface area contributed by atoms with Crippen molar-refractivity contribution in [3.05, 3.63) is 34.3 Å². The van der Waals surface area contributed by atoms with Crippen molar-refractivity contribution in [3.63, 3.8) is 0 Å². The maximum absolute atomic E-state index is 12.7. The van der Waals surface area contributed by atoms with Crippen molar-refractivity contribution in [3.8, 4) is 0 Å². The second kappa shape index (κ2) is 8.96. The SMILES string of the molecule is CCNC(=NCCN1CCc2sccc2C1)N1CCN(c2cnn(C)c2)C(=O)C1.